The molecule has 0 radical (unpaired) electrons. The number of anilines is 2. The van der Waals surface area contributed by atoms with Crippen LogP contribution in [0.15, 0.2) is 66.2 Å². The third-order valence-electron chi connectivity index (χ3n) is 5.03. The average Bonchev–Trinajstić information content (AvgIpc) is 3.53. The molecule has 8 nitrogen and oxygen atoms in total. The molecule has 8 heteroatoms. The maximum Gasteiger partial charge on any atom is 0.269 e. The van der Waals surface area contributed by atoms with Gasteiger partial charge in [0.2, 0.25) is 0 Å². The van der Waals surface area contributed by atoms with Crippen molar-refractivity contribution in [3.63, 3.8) is 0 Å². The van der Waals surface area contributed by atoms with E-state index in [9.17, 15) is 4.79 Å². The van der Waals surface area contributed by atoms with Crippen LogP contribution in [-0.2, 0) is 11.2 Å². The van der Waals surface area contributed by atoms with Crippen molar-refractivity contribution in [1.82, 2.24) is 19.7 Å². The molecule has 0 aliphatic heterocycles. The standard InChI is InChI=1S/C23H25N7O/c1-16(25-12-4-5-17-8-11-21(24-2)26-14-17)23(31)28-19-7-3-6-18(13-19)22-29-27-15-30(22)20-9-10-20/h3-4,6-8,11-15,20H,5,9-10H2,1-2H3,(H,24,26)(H,28,31)/b12-4-,25-16+. The zero-order chi connectivity index (χ0) is 21.6. The summed E-state index contributed by atoms with van der Waals surface area (Å²) in [6.45, 7) is 1.69. The highest BCUT2D eigenvalue weighted by molar-refractivity contribution is 6.42. The number of nitrogens with zero attached hydrogens (tertiary/aromatic N) is 5. The van der Waals surface area contributed by atoms with Gasteiger partial charge in [0, 0.05) is 36.7 Å². The molecule has 1 fully saturated rings. The number of benzene rings is 1. The number of hydrogen-bond acceptors (Lipinski definition) is 6. The van der Waals surface area contributed by atoms with E-state index < -0.39 is 0 Å². The number of aliphatic imine (C=N–C) groups is 1. The van der Waals surface area contributed by atoms with E-state index in [1.54, 1.807) is 19.5 Å². The van der Waals surface area contributed by atoms with E-state index in [1.807, 2.05) is 55.7 Å². The zero-order valence-electron chi connectivity index (χ0n) is 17.6. The van der Waals surface area contributed by atoms with Crippen LogP contribution in [0.5, 0.6) is 0 Å². The third kappa shape index (κ3) is 5.22. The molecule has 1 aromatic carbocycles. The number of hydrogen-bond donors (Lipinski definition) is 2. The molecule has 2 heterocycles. The Balaban J connectivity index is 1.36. The maximum atomic E-state index is 12.5. The lowest BCUT2D eigenvalue weighted by Crippen LogP contribution is -2.20. The summed E-state index contributed by atoms with van der Waals surface area (Å²) in [6.07, 6.45) is 10.1. The van der Waals surface area contributed by atoms with E-state index in [1.165, 1.54) is 0 Å². The minimum atomic E-state index is -0.245. The second-order valence-corrected chi connectivity index (χ2v) is 7.43. The first-order chi connectivity index (χ1) is 15.1. The summed E-state index contributed by atoms with van der Waals surface area (Å²) in [5, 5.41) is 14.2. The molecule has 0 bridgehead atoms. The molecule has 158 valence electrons. The summed E-state index contributed by atoms with van der Waals surface area (Å²) in [6, 6.07) is 12.0. The maximum absolute atomic E-state index is 12.5. The number of carbonyl (C=O) groups is 1. The van der Waals surface area contributed by atoms with E-state index in [0.717, 1.165) is 35.6 Å². The largest absolute Gasteiger partial charge is 0.373 e. The minimum absolute atomic E-state index is 0.245. The summed E-state index contributed by atoms with van der Waals surface area (Å²) in [5.74, 6) is 1.41. The quantitative estimate of drug-likeness (QED) is 0.544. The number of pyridine rings is 1. The summed E-state index contributed by atoms with van der Waals surface area (Å²) >= 11 is 0. The summed E-state index contributed by atoms with van der Waals surface area (Å²) < 4.78 is 2.10. The molecule has 0 atom stereocenters. The summed E-state index contributed by atoms with van der Waals surface area (Å²) in [4.78, 5) is 21.0. The first-order valence-electron chi connectivity index (χ1n) is 10.3. The van der Waals surface area contributed by atoms with Crippen LogP contribution < -0.4 is 10.6 Å². The van der Waals surface area contributed by atoms with E-state index in [0.29, 0.717) is 23.9 Å². The fourth-order valence-electron chi connectivity index (χ4n) is 3.13. The van der Waals surface area contributed by atoms with Gasteiger partial charge in [-0.25, -0.2) is 4.98 Å². The van der Waals surface area contributed by atoms with Gasteiger partial charge in [0.25, 0.3) is 5.91 Å². The van der Waals surface area contributed by atoms with Crippen LogP contribution in [0.2, 0.25) is 0 Å². The Labute approximate surface area is 181 Å². The second kappa shape index (κ2) is 9.34. The van der Waals surface area contributed by atoms with Crippen LogP contribution in [0, 0.1) is 0 Å². The van der Waals surface area contributed by atoms with Crippen LogP contribution in [-0.4, -0.2) is 38.4 Å². The van der Waals surface area contributed by atoms with Gasteiger partial charge in [-0.05, 0) is 49.9 Å². The number of rotatable bonds is 8. The molecular formula is C23H25N7O. The Hall–Kier alpha value is -3.81. The van der Waals surface area contributed by atoms with Crippen molar-refractivity contribution >= 4 is 23.1 Å². The van der Waals surface area contributed by atoms with Gasteiger partial charge in [0.1, 0.15) is 17.9 Å². The van der Waals surface area contributed by atoms with Crippen LogP contribution in [0.4, 0.5) is 11.5 Å². The van der Waals surface area contributed by atoms with Gasteiger partial charge < -0.3 is 15.2 Å². The van der Waals surface area contributed by atoms with Gasteiger partial charge in [-0.1, -0.05) is 24.3 Å². The molecule has 1 saturated carbocycles. The van der Waals surface area contributed by atoms with E-state index >= 15 is 0 Å². The van der Waals surface area contributed by atoms with E-state index in [4.69, 9.17) is 0 Å². The highest BCUT2D eigenvalue weighted by atomic mass is 16.1. The summed E-state index contributed by atoms with van der Waals surface area (Å²) in [5.41, 5.74) is 3.08. The van der Waals surface area contributed by atoms with Crippen LogP contribution in [0.25, 0.3) is 11.4 Å². The lowest BCUT2D eigenvalue weighted by Gasteiger charge is -2.08. The van der Waals surface area contributed by atoms with Gasteiger partial charge in [0.15, 0.2) is 5.82 Å². The Morgan fingerprint density at radius 1 is 1.29 bits per heavy atom. The molecule has 2 aromatic heterocycles. The van der Waals surface area contributed by atoms with Gasteiger partial charge in [-0.15, -0.1) is 10.2 Å². The van der Waals surface area contributed by atoms with Crippen molar-refractivity contribution in [3.05, 3.63) is 66.8 Å². The SMILES string of the molecule is CNc1ccc(C/C=C\N=C(/C)C(=O)Nc2cccc(-c3nncn3C3CC3)c2)cn1. The molecule has 4 rings (SSSR count). The highest BCUT2D eigenvalue weighted by Gasteiger charge is 2.26. The van der Waals surface area contributed by atoms with Gasteiger partial charge in [0.05, 0.1) is 0 Å². The molecule has 1 aliphatic rings. The normalized spacial score (nSPS) is 14.1. The fourth-order valence-corrected chi connectivity index (χ4v) is 3.13. The highest BCUT2D eigenvalue weighted by Crippen LogP contribution is 2.37. The lowest BCUT2D eigenvalue weighted by molar-refractivity contribution is -0.110. The predicted octanol–water partition coefficient (Wildman–Crippen LogP) is 3.87. The zero-order valence-corrected chi connectivity index (χ0v) is 17.6. The number of allylic oxidation sites excluding steroid dienone is 1. The first kappa shape index (κ1) is 20.5. The Morgan fingerprint density at radius 2 is 2.16 bits per heavy atom. The smallest absolute Gasteiger partial charge is 0.269 e. The van der Waals surface area contributed by atoms with Gasteiger partial charge >= 0.3 is 0 Å². The molecule has 2 N–H and O–H groups in total. The predicted molar refractivity (Wildman–Crippen MR) is 122 cm³/mol. The lowest BCUT2D eigenvalue weighted by atomic mass is 10.2. The summed E-state index contributed by atoms with van der Waals surface area (Å²) in [7, 11) is 1.83. The monoisotopic (exact) mass is 415 g/mol. The molecule has 31 heavy (non-hydrogen) atoms. The molecule has 3 aromatic rings. The van der Waals surface area contributed by atoms with E-state index in [-0.39, 0.29) is 5.91 Å². The number of nitrogens with one attached hydrogen (secondary N) is 2. The molecule has 0 unspecified atom stereocenters. The van der Waals surface area contributed by atoms with Crippen molar-refractivity contribution in [2.24, 2.45) is 4.99 Å². The molecule has 1 aliphatic carbocycles. The number of amides is 1. The molecule has 0 spiro atoms. The second-order valence-electron chi connectivity index (χ2n) is 7.43. The van der Waals surface area contributed by atoms with Crippen molar-refractivity contribution < 1.29 is 4.79 Å². The Morgan fingerprint density at radius 3 is 2.90 bits per heavy atom. The third-order valence-corrected chi connectivity index (χ3v) is 5.03. The Kier molecular flexibility index (Phi) is 6.16. The van der Waals surface area contributed by atoms with Crippen LogP contribution >= 0.6 is 0 Å². The van der Waals surface area contributed by atoms with Crippen molar-refractivity contribution in [1.29, 1.82) is 0 Å². The van der Waals surface area contributed by atoms with Gasteiger partial charge in [-0.3, -0.25) is 9.79 Å². The molecule has 0 saturated heterocycles. The number of carbonyl (C=O) groups excluding carboxylic acids is 1. The number of aromatic nitrogens is 4. The topological polar surface area (TPSA) is 97.1 Å². The fraction of sp³-hybridized carbons (Fsp3) is 0.261. The minimum Gasteiger partial charge on any atom is -0.373 e. The van der Waals surface area contributed by atoms with Crippen LogP contribution in [0.1, 0.15) is 31.4 Å². The van der Waals surface area contributed by atoms with Gasteiger partial charge in [-0.2, -0.15) is 0 Å². The van der Waals surface area contributed by atoms with Crippen molar-refractivity contribution in [3.8, 4) is 11.4 Å². The average molecular weight is 416 g/mol. The van der Waals surface area contributed by atoms with E-state index in [2.05, 4.69) is 35.4 Å². The molecular weight excluding hydrogens is 390 g/mol. The van der Waals surface area contributed by atoms with Crippen molar-refractivity contribution in [2.45, 2.75) is 32.2 Å². The Bertz CT molecular complexity index is 1110. The first-order valence-corrected chi connectivity index (χ1v) is 10.3. The van der Waals surface area contributed by atoms with Crippen molar-refractivity contribution in [2.75, 3.05) is 17.7 Å². The van der Waals surface area contributed by atoms with Crippen LogP contribution in [0.3, 0.4) is 0 Å². The molecule has 1 amide bonds.